The first-order valence-corrected chi connectivity index (χ1v) is 28.7. The van der Waals surface area contributed by atoms with Crippen LogP contribution in [-0.4, -0.2) is 193 Å². The summed E-state index contributed by atoms with van der Waals surface area (Å²) >= 11 is 4.22. The van der Waals surface area contributed by atoms with E-state index in [9.17, 15) is 87.9 Å². The van der Waals surface area contributed by atoms with Crippen LogP contribution in [0.2, 0.25) is 0 Å². The number of phenolic OH excluding ortho intramolecular Hbond substituents is 1. The molecule has 19 N–H and O–H groups in total. The summed E-state index contributed by atoms with van der Waals surface area (Å²) in [5.41, 5.74) is 17.4. The molecular weight excluding hydrogens is 1140 g/mol. The van der Waals surface area contributed by atoms with Crippen molar-refractivity contribution in [2.45, 2.75) is 191 Å². The molecule has 1 aliphatic heterocycles. The highest BCUT2D eigenvalue weighted by molar-refractivity contribution is 7.80. The third kappa shape index (κ3) is 26.4. The number of unbranched alkanes of at least 4 members (excludes halogenated alkanes) is 1. The molecule has 0 spiro atoms. The standard InChI is InChI=1S/C54H86N12O18S/c1-27(2)23-36(61-45(74)32(56)9-6-7-21-55)50(79)62-37(24-28(3)4)49(78)58-35(17-20-43(72)73)48(77)65-44(29(5)67)52(81)60-34(16-19-42(70)71)47(76)64-39(26-85)53(82)66-22-8-10-40(66)51(80)59-33(15-18-41(57)69)46(75)63-38(54(83)84)25-30-11-13-31(68)14-12-30/h11-14,27-29,32-40,44,67-68,85H,6-10,15-26,55-56H2,1-5H3,(H2,57,69)(H,58,78)(H,59,80)(H,60,81)(H,61,74)(H,62,79)(H,63,75)(H,64,76)(H,65,77)(H,70,71)(H,72,73)(H,83,84)/t29-,32+,33+,34+,35+,36+,37+,38+,39+,40+,44+/m1/s1. The van der Waals surface area contributed by atoms with E-state index in [2.05, 4.69) is 55.2 Å². The molecule has 1 heterocycles. The number of nitrogens with one attached hydrogen (secondary N) is 8. The van der Waals surface area contributed by atoms with Crippen molar-refractivity contribution >= 4 is 89.6 Å². The molecule has 2 rings (SSSR count). The number of aliphatic carboxylic acids is 3. The average Bonchev–Trinajstić information content (AvgIpc) is 3.89. The Kier molecular flexibility index (Phi) is 31.9. The number of nitrogens with zero attached hydrogens (tertiary/aromatic N) is 1. The van der Waals surface area contributed by atoms with Gasteiger partial charge in [0.1, 0.15) is 60.1 Å². The van der Waals surface area contributed by atoms with E-state index < -0.39 is 181 Å². The fraction of sp³-hybridized carbons (Fsp3) is 0.648. The number of phenols is 1. The summed E-state index contributed by atoms with van der Waals surface area (Å²) in [5.74, 6) is -14.8. The van der Waals surface area contributed by atoms with Crippen molar-refractivity contribution in [2.75, 3.05) is 18.8 Å². The molecule has 1 aliphatic rings. The van der Waals surface area contributed by atoms with E-state index >= 15 is 0 Å². The Hall–Kier alpha value is -7.64. The van der Waals surface area contributed by atoms with Gasteiger partial charge in [-0.2, -0.15) is 12.6 Å². The Morgan fingerprint density at radius 3 is 1.51 bits per heavy atom. The Balaban J connectivity index is 2.35. The molecule has 0 bridgehead atoms. The van der Waals surface area contributed by atoms with Gasteiger partial charge in [-0.3, -0.25) is 57.5 Å². The van der Waals surface area contributed by atoms with Crippen molar-refractivity contribution in [1.82, 2.24) is 47.4 Å². The zero-order valence-electron chi connectivity index (χ0n) is 48.5. The van der Waals surface area contributed by atoms with Crippen LogP contribution in [0, 0.1) is 11.8 Å². The van der Waals surface area contributed by atoms with Gasteiger partial charge in [0.25, 0.3) is 0 Å². The van der Waals surface area contributed by atoms with E-state index in [0.29, 0.717) is 31.4 Å². The van der Waals surface area contributed by atoms with E-state index in [1.165, 1.54) is 24.3 Å². The molecule has 0 aromatic heterocycles. The average molecular weight is 1220 g/mol. The minimum atomic E-state index is -1.97. The van der Waals surface area contributed by atoms with Gasteiger partial charge in [-0.1, -0.05) is 46.2 Å². The molecule has 11 atom stereocenters. The molecule has 0 radical (unpaired) electrons. The Labute approximate surface area is 497 Å². The summed E-state index contributed by atoms with van der Waals surface area (Å²) in [7, 11) is 0. The van der Waals surface area contributed by atoms with Crippen LogP contribution in [-0.2, 0) is 68.7 Å². The molecule has 0 unspecified atom stereocenters. The van der Waals surface area contributed by atoms with Crippen LogP contribution in [0.25, 0.3) is 0 Å². The summed E-state index contributed by atoms with van der Waals surface area (Å²) < 4.78 is 0. The second kappa shape index (κ2) is 36.9. The van der Waals surface area contributed by atoms with Gasteiger partial charge in [0, 0.05) is 38.0 Å². The molecule has 31 heteroatoms. The van der Waals surface area contributed by atoms with Crippen LogP contribution >= 0.6 is 12.6 Å². The lowest BCUT2D eigenvalue weighted by Gasteiger charge is -2.31. The summed E-state index contributed by atoms with van der Waals surface area (Å²) in [6.07, 6.45) is -3.64. The zero-order chi connectivity index (χ0) is 64.2. The highest BCUT2D eigenvalue weighted by Gasteiger charge is 2.41. The van der Waals surface area contributed by atoms with Gasteiger partial charge in [-0.15, -0.1) is 0 Å². The number of aliphatic hydroxyl groups excluding tert-OH is 1. The predicted molar refractivity (Wildman–Crippen MR) is 307 cm³/mol. The first kappa shape index (κ1) is 73.5. The van der Waals surface area contributed by atoms with Crippen molar-refractivity contribution in [3.05, 3.63) is 29.8 Å². The minimum Gasteiger partial charge on any atom is -0.508 e. The van der Waals surface area contributed by atoms with Crippen molar-refractivity contribution < 1.29 is 87.9 Å². The van der Waals surface area contributed by atoms with Gasteiger partial charge in [0.15, 0.2) is 0 Å². The molecule has 1 aromatic carbocycles. The van der Waals surface area contributed by atoms with Gasteiger partial charge in [0.2, 0.25) is 59.1 Å². The number of primary amides is 1. The third-order valence-corrected chi connectivity index (χ3v) is 13.9. The number of carboxylic acids is 3. The summed E-state index contributed by atoms with van der Waals surface area (Å²) in [6.45, 7) is 8.46. The maximum absolute atomic E-state index is 14.1. The van der Waals surface area contributed by atoms with Crippen LogP contribution in [0.4, 0.5) is 0 Å². The number of carbonyl (C=O) groups is 13. The van der Waals surface area contributed by atoms with E-state index in [-0.39, 0.29) is 62.7 Å². The van der Waals surface area contributed by atoms with E-state index in [1.54, 1.807) is 27.7 Å². The highest BCUT2D eigenvalue weighted by Crippen LogP contribution is 2.21. The van der Waals surface area contributed by atoms with Crippen LogP contribution < -0.4 is 59.7 Å². The van der Waals surface area contributed by atoms with Crippen molar-refractivity contribution in [1.29, 1.82) is 0 Å². The fourth-order valence-corrected chi connectivity index (χ4v) is 9.23. The maximum Gasteiger partial charge on any atom is 0.326 e. The zero-order valence-corrected chi connectivity index (χ0v) is 49.4. The number of amides is 10. The fourth-order valence-electron chi connectivity index (χ4n) is 8.99. The molecule has 1 fully saturated rings. The van der Waals surface area contributed by atoms with Crippen LogP contribution in [0.5, 0.6) is 5.75 Å². The SMILES string of the molecule is CC(C)C[C@H](NC(=O)[C@H](CC(C)C)NC(=O)[C@@H](N)CCCCN)C(=O)N[C@@H](CCC(=O)O)C(=O)N[C@H](C(=O)N[C@@H](CCC(=O)O)C(=O)N[C@@H](CS)C(=O)N1CCC[C@H]1C(=O)N[C@@H](CCC(N)=O)C(=O)N[C@@H](Cc1ccc(O)cc1)C(=O)O)[C@@H](C)O. The van der Waals surface area contributed by atoms with E-state index in [1.807, 2.05) is 0 Å². The first-order valence-electron chi connectivity index (χ1n) is 28.1. The Morgan fingerprint density at radius 2 is 1.04 bits per heavy atom. The number of thiol groups is 1. The molecule has 30 nitrogen and oxygen atoms in total. The molecule has 476 valence electrons. The predicted octanol–water partition coefficient (Wildman–Crippen LogP) is -3.26. The quantitative estimate of drug-likeness (QED) is 0.0227. The number of benzene rings is 1. The largest absolute Gasteiger partial charge is 0.508 e. The summed E-state index contributed by atoms with van der Waals surface area (Å²) in [5, 5.41) is 68.9. The normalized spacial score (nSPS) is 16.6. The third-order valence-electron chi connectivity index (χ3n) is 13.5. The number of hydrogen-bond donors (Lipinski definition) is 17. The van der Waals surface area contributed by atoms with Crippen LogP contribution in [0.3, 0.4) is 0 Å². The topological polar surface area (TPSA) is 501 Å². The van der Waals surface area contributed by atoms with Crippen molar-refractivity contribution in [3.8, 4) is 5.75 Å². The molecule has 0 aliphatic carbocycles. The van der Waals surface area contributed by atoms with Gasteiger partial charge < -0.3 is 90.2 Å². The lowest BCUT2D eigenvalue weighted by molar-refractivity contribution is -0.143. The number of aliphatic hydroxyl groups is 1. The first-order chi connectivity index (χ1) is 39.9. The minimum absolute atomic E-state index is 0.0127. The van der Waals surface area contributed by atoms with E-state index in [4.69, 9.17) is 17.2 Å². The summed E-state index contributed by atoms with van der Waals surface area (Å²) in [4.78, 5) is 173. The lowest BCUT2D eigenvalue weighted by Crippen LogP contribution is -2.62. The molecule has 1 aromatic rings. The lowest BCUT2D eigenvalue weighted by atomic mass is 9.99. The number of carboxylic acid groups (broad SMARTS) is 3. The van der Waals surface area contributed by atoms with E-state index in [0.717, 1.165) is 11.8 Å². The van der Waals surface area contributed by atoms with Gasteiger partial charge in [-0.25, -0.2) is 4.79 Å². The van der Waals surface area contributed by atoms with Crippen molar-refractivity contribution in [3.63, 3.8) is 0 Å². The molecule has 1 saturated heterocycles. The Bertz CT molecular complexity index is 2490. The van der Waals surface area contributed by atoms with Crippen LogP contribution in [0.1, 0.15) is 124 Å². The highest BCUT2D eigenvalue weighted by atomic mass is 32.1. The number of hydrogen-bond acceptors (Lipinski definition) is 18. The molecular formula is C54H86N12O18S. The maximum atomic E-state index is 14.1. The monoisotopic (exact) mass is 1220 g/mol. The van der Waals surface area contributed by atoms with Gasteiger partial charge >= 0.3 is 17.9 Å². The molecule has 85 heavy (non-hydrogen) atoms. The second-order valence-corrected chi connectivity index (χ2v) is 22.1. The number of nitrogens with two attached hydrogens (primary N) is 3. The smallest absolute Gasteiger partial charge is 0.326 e. The molecule has 10 amide bonds. The van der Waals surface area contributed by atoms with Gasteiger partial charge in [-0.05, 0) is 101 Å². The number of aromatic hydroxyl groups is 1. The summed E-state index contributed by atoms with van der Waals surface area (Å²) in [6, 6.07) is -9.42. The Morgan fingerprint density at radius 1 is 0.588 bits per heavy atom. The number of likely N-dealkylation sites (tertiary alicyclic amines) is 1. The van der Waals surface area contributed by atoms with Gasteiger partial charge in [0.05, 0.1) is 12.1 Å². The number of carbonyl (C=O) groups excluding carboxylic acids is 10. The van der Waals surface area contributed by atoms with Crippen LogP contribution in [0.15, 0.2) is 24.3 Å². The molecule has 0 saturated carbocycles. The van der Waals surface area contributed by atoms with Crippen molar-refractivity contribution in [2.24, 2.45) is 29.0 Å². The number of rotatable bonds is 39. The second-order valence-electron chi connectivity index (χ2n) is 21.8.